The van der Waals surface area contributed by atoms with Crippen LogP contribution in [0, 0.1) is 11.6 Å². The number of fused-ring (bicyclic) bond motifs is 1. The van der Waals surface area contributed by atoms with Crippen molar-refractivity contribution in [2.24, 2.45) is 0 Å². The molecule has 0 aliphatic heterocycles. The molecule has 3 rings (SSSR count). The van der Waals surface area contributed by atoms with E-state index in [1.54, 1.807) is 12.1 Å². The van der Waals surface area contributed by atoms with Gasteiger partial charge in [0.2, 0.25) is 0 Å². The van der Waals surface area contributed by atoms with Gasteiger partial charge < -0.3 is 5.32 Å². The second-order valence-electron chi connectivity index (χ2n) is 4.17. The molecular formula is C14H9F2N3O. The number of amides is 1. The highest BCUT2D eigenvalue weighted by molar-refractivity contribution is 5.97. The van der Waals surface area contributed by atoms with Gasteiger partial charge >= 0.3 is 6.03 Å². The molecule has 0 fully saturated rings. The number of rotatable bonds is 1. The first kappa shape index (κ1) is 12.3. The largest absolute Gasteiger partial charge is 0.347 e. The summed E-state index contributed by atoms with van der Waals surface area (Å²) in [5.41, 5.74) is 0.503. The first-order valence-electron chi connectivity index (χ1n) is 5.84. The Balaban J connectivity index is 1.93. The fraction of sp³-hybridized carbons (Fsp3) is 0. The van der Waals surface area contributed by atoms with E-state index in [1.165, 1.54) is 6.20 Å². The molecule has 0 spiro atoms. The lowest BCUT2D eigenvalue weighted by Gasteiger charge is -2.06. The molecule has 0 aliphatic rings. The third-order valence-corrected chi connectivity index (χ3v) is 2.84. The highest BCUT2D eigenvalue weighted by Gasteiger charge is 2.12. The number of anilines is 1. The number of carbonyl (C=O) groups excluding carboxylic acids is 1. The normalized spacial score (nSPS) is 10.7. The van der Waals surface area contributed by atoms with Gasteiger partial charge in [-0.2, -0.15) is 9.78 Å². The number of nitrogens with one attached hydrogen (secondary N) is 1. The van der Waals surface area contributed by atoms with E-state index in [1.807, 2.05) is 12.1 Å². The van der Waals surface area contributed by atoms with E-state index < -0.39 is 17.7 Å². The van der Waals surface area contributed by atoms with Crippen molar-refractivity contribution in [1.29, 1.82) is 0 Å². The average molecular weight is 273 g/mol. The molecule has 2 aromatic carbocycles. The van der Waals surface area contributed by atoms with E-state index in [-0.39, 0.29) is 5.69 Å². The van der Waals surface area contributed by atoms with E-state index in [0.717, 1.165) is 22.2 Å². The summed E-state index contributed by atoms with van der Waals surface area (Å²) in [6.45, 7) is 0. The molecule has 0 saturated carbocycles. The van der Waals surface area contributed by atoms with Gasteiger partial charge in [0.05, 0.1) is 17.4 Å². The average Bonchev–Trinajstić information content (AvgIpc) is 2.86. The molecule has 1 heterocycles. The number of aromatic nitrogens is 2. The lowest BCUT2D eigenvalue weighted by molar-refractivity contribution is 0.251. The molecule has 100 valence electrons. The molecule has 0 radical (unpaired) electrons. The van der Waals surface area contributed by atoms with Crippen LogP contribution in [0.4, 0.5) is 19.3 Å². The van der Waals surface area contributed by atoms with E-state index in [9.17, 15) is 13.6 Å². The van der Waals surface area contributed by atoms with Crippen LogP contribution in [0.15, 0.2) is 48.7 Å². The van der Waals surface area contributed by atoms with Crippen LogP contribution in [-0.2, 0) is 0 Å². The Bertz CT molecular complexity index is 798. The van der Waals surface area contributed by atoms with Crippen molar-refractivity contribution < 1.29 is 13.6 Å². The van der Waals surface area contributed by atoms with Crippen molar-refractivity contribution in [2.75, 3.05) is 5.32 Å². The third kappa shape index (κ3) is 2.11. The first-order valence-corrected chi connectivity index (χ1v) is 5.84. The summed E-state index contributed by atoms with van der Waals surface area (Å²) >= 11 is 0. The molecule has 1 N–H and O–H groups in total. The molecule has 20 heavy (non-hydrogen) atoms. The lowest BCUT2D eigenvalue weighted by atomic mass is 10.2. The van der Waals surface area contributed by atoms with Gasteiger partial charge in [0, 0.05) is 11.5 Å². The van der Waals surface area contributed by atoms with Crippen LogP contribution >= 0.6 is 0 Å². The summed E-state index contributed by atoms with van der Waals surface area (Å²) in [6, 6.07) is 9.45. The van der Waals surface area contributed by atoms with Gasteiger partial charge in [-0.3, -0.25) is 0 Å². The predicted octanol–water partition coefficient (Wildman–Crippen LogP) is 3.39. The van der Waals surface area contributed by atoms with E-state index >= 15 is 0 Å². The summed E-state index contributed by atoms with van der Waals surface area (Å²) in [5.74, 6) is -1.54. The first-order chi connectivity index (χ1) is 9.65. The van der Waals surface area contributed by atoms with Crippen LogP contribution < -0.4 is 5.32 Å². The molecule has 0 atom stereocenters. The van der Waals surface area contributed by atoms with Gasteiger partial charge in [-0.25, -0.2) is 13.6 Å². The number of hydrogen-bond acceptors (Lipinski definition) is 2. The third-order valence-electron chi connectivity index (χ3n) is 2.84. The molecule has 4 nitrogen and oxygen atoms in total. The zero-order valence-electron chi connectivity index (χ0n) is 10.2. The maximum atomic E-state index is 13.5. The Kier molecular flexibility index (Phi) is 2.90. The monoisotopic (exact) mass is 273 g/mol. The molecule has 1 amide bonds. The number of carbonyl (C=O) groups is 1. The van der Waals surface area contributed by atoms with Crippen LogP contribution in [0.3, 0.4) is 0 Å². The minimum absolute atomic E-state index is 0.101. The second-order valence-corrected chi connectivity index (χ2v) is 4.17. The Morgan fingerprint density at radius 2 is 1.95 bits per heavy atom. The zero-order valence-corrected chi connectivity index (χ0v) is 10.2. The molecule has 0 aliphatic carbocycles. The van der Waals surface area contributed by atoms with Gasteiger partial charge in [-0.1, -0.05) is 18.2 Å². The summed E-state index contributed by atoms with van der Waals surface area (Å²) in [4.78, 5) is 12.1. The van der Waals surface area contributed by atoms with Crippen LogP contribution in [0.25, 0.3) is 10.9 Å². The second kappa shape index (κ2) is 4.73. The van der Waals surface area contributed by atoms with Crippen molar-refractivity contribution in [1.82, 2.24) is 9.78 Å². The molecule has 0 bridgehead atoms. The fourth-order valence-electron chi connectivity index (χ4n) is 1.89. The molecule has 3 aromatic rings. The van der Waals surface area contributed by atoms with Crippen LogP contribution in [-0.4, -0.2) is 15.8 Å². The SMILES string of the molecule is O=C(Nc1ccc(F)cc1F)n1ncc2ccccc21. The maximum Gasteiger partial charge on any atom is 0.347 e. The maximum absolute atomic E-state index is 13.5. The number of nitrogens with zero attached hydrogens (tertiary/aromatic N) is 2. The van der Waals surface area contributed by atoms with Crippen LogP contribution in [0.2, 0.25) is 0 Å². The summed E-state index contributed by atoms with van der Waals surface area (Å²) in [7, 11) is 0. The van der Waals surface area contributed by atoms with Crippen molar-refractivity contribution in [3.05, 3.63) is 60.3 Å². The number of hydrogen-bond donors (Lipinski definition) is 1. The van der Waals surface area contributed by atoms with Crippen molar-refractivity contribution >= 4 is 22.6 Å². The van der Waals surface area contributed by atoms with Gasteiger partial charge in [0.15, 0.2) is 0 Å². The van der Waals surface area contributed by atoms with Crippen molar-refractivity contribution in [2.45, 2.75) is 0 Å². The van der Waals surface area contributed by atoms with E-state index in [4.69, 9.17) is 0 Å². The van der Waals surface area contributed by atoms with Gasteiger partial charge in [-0.05, 0) is 18.2 Å². The fourth-order valence-corrected chi connectivity index (χ4v) is 1.89. The molecule has 0 unspecified atom stereocenters. The Hall–Kier alpha value is -2.76. The Morgan fingerprint density at radius 1 is 1.15 bits per heavy atom. The minimum atomic E-state index is -0.838. The molecule has 0 saturated heterocycles. The summed E-state index contributed by atoms with van der Waals surface area (Å²) in [5, 5.41) is 7.09. The minimum Gasteiger partial charge on any atom is -0.303 e. The van der Waals surface area contributed by atoms with E-state index in [2.05, 4.69) is 10.4 Å². The summed E-state index contributed by atoms with van der Waals surface area (Å²) < 4.78 is 27.4. The van der Waals surface area contributed by atoms with Crippen molar-refractivity contribution in [3.63, 3.8) is 0 Å². The molecule has 6 heteroatoms. The van der Waals surface area contributed by atoms with Crippen molar-refractivity contribution in [3.8, 4) is 0 Å². The molecule has 1 aromatic heterocycles. The predicted molar refractivity (Wildman–Crippen MR) is 70.5 cm³/mol. The highest BCUT2D eigenvalue weighted by Crippen LogP contribution is 2.17. The zero-order chi connectivity index (χ0) is 14.1. The molecular weight excluding hydrogens is 264 g/mol. The number of benzene rings is 2. The lowest BCUT2D eigenvalue weighted by Crippen LogP contribution is -2.21. The van der Waals surface area contributed by atoms with Gasteiger partial charge in [0.25, 0.3) is 0 Å². The number of para-hydroxylation sites is 1. The number of halogens is 2. The smallest absolute Gasteiger partial charge is 0.303 e. The highest BCUT2D eigenvalue weighted by atomic mass is 19.1. The van der Waals surface area contributed by atoms with Crippen LogP contribution in [0.5, 0.6) is 0 Å². The van der Waals surface area contributed by atoms with Gasteiger partial charge in [-0.15, -0.1) is 0 Å². The summed E-state index contributed by atoms with van der Waals surface area (Å²) in [6.07, 6.45) is 1.54. The Labute approximate surface area is 112 Å². The quantitative estimate of drug-likeness (QED) is 0.738. The van der Waals surface area contributed by atoms with Crippen LogP contribution in [0.1, 0.15) is 0 Å². The van der Waals surface area contributed by atoms with E-state index in [0.29, 0.717) is 11.6 Å². The Morgan fingerprint density at radius 3 is 2.75 bits per heavy atom. The topological polar surface area (TPSA) is 46.9 Å². The standard InChI is InChI=1S/C14H9F2N3O/c15-10-5-6-12(11(16)7-10)18-14(20)19-13-4-2-1-3-9(13)8-17-19/h1-8H,(H,18,20). The van der Waals surface area contributed by atoms with Gasteiger partial charge in [0.1, 0.15) is 11.6 Å².